The summed E-state index contributed by atoms with van der Waals surface area (Å²) in [6.07, 6.45) is 0.501. The van der Waals surface area contributed by atoms with Crippen LogP contribution in [0.1, 0.15) is 41.8 Å². The van der Waals surface area contributed by atoms with Gasteiger partial charge in [0.15, 0.2) is 23.8 Å². The minimum Gasteiger partial charge on any atom is -0.387 e. The predicted octanol–water partition coefficient (Wildman–Crippen LogP) is -0.785. The number of nitrogen functional groups attached to an aromatic ring is 1. The summed E-state index contributed by atoms with van der Waals surface area (Å²) in [5, 5.41) is 23.2. The van der Waals surface area contributed by atoms with Gasteiger partial charge in [-0.2, -0.15) is 0 Å². The molecule has 2 aliphatic rings. The lowest BCUT2D eigenvalue weighted by Crippen LogP contribution is -2.44. The van der Waals surface area contributed by atoms with Crippen LogP contribution in [0, 0.1) is 11.8 Å². The van der Waals surface area contributed by atoms with Crippen molar-refractivity contribution in [3.05, 3.63) is 42.2 Å². The molecule has 192 valence electrons. The number of rotatable bonds is 5. The minimum atomic E-state index is -1.45. The third-order valence-electron chi connectivity index (χ3n) is 6.58. The third kappa shape index (κ3) is 4.57. The van der Waals surface area contributed by atoms with Crippen molar-refractivity contribution in [2.75, 3.05) is 19.3 Å². The zero-order chi connectivity index (χ0) is 26.1. The fraction of sp³-hybridized carbons (Fsp3) is 0.417. The van der Waals surface area contributed by atoms with Crippen LogP contribution in [0.5, 0.6) is 0 Å². The smallest absolute Gasteiger partial charge is 0.273 e. The molecule has 4 atom stereocenters. The molecule has 5 rings (SSSR count). The molecule has 0 radical (unpaired) electrons. The highest BCUT2D eigenvalue weighted by Gasteiger charge is 2.47. The van der Waals surface area contributed by atoms with Crippen molar-refractivity contribution in [2.45, 2.75) is 49.8 Å². The first-order valence-corrected chi connectivity index (χ1v) is 11.8. The summed E-state index contributed by atoms with van der Waals surface area (Å²) in [7, 11) is 1.40. The van der Waals surface area contributed by atoms with Crippen LogP contribution in [0.4, 0.5) is 5.82 Å². The average molecular weight is 507 g/mol. The van der Waals surface area contributed by atoms with Gasteiger partial charge in [-0.05, 0) is 37.3 Å². The lowest BCUT2D eigenvalue weighted by molar-refractivity contribution is -0.137. The van der Waals surface area contributed by atoms with Crippen LogP contribution >= 0.6 is 0 Å². The Bertz CT molecular complexity index is 1380. The molecule has 2 fully saturated rings. The third-order valence-corrected chi connectivity index (χ3v) is 6.58. The summed E-state index contributed by atoms with van der Waals surface area (Å²) >= 11 is 0. The standard InChI is InChI=1S/C24H26N8O5/c1-26-22(35)19-17(33)18(34)24(37-19)32-12-28-16-20(25)29-15(30-21(16)32)9-5-11-31(13-6-4-7-13)23(36)14-8-2-3-10-27-14/h2-3,8,10,12-13,17-19,24,33-34H,4,6-7,11H2,1H3,(H,26,35)(H2,25,29,30)/t17?,18-,19+,24-/m1/s1. The zero-order valence-electron chi connectivity index (χ0n) is 20.0. The zero-order valence-corrected chi connectivity index (χ0v) is 20.0. The summed E-state index contributed by atoms with van der Waals surface area (Å²) in [5.41, 5.74) is 6.90. The molecule has 0 bridgehead atoms. The van der Waals surface area contributed by atoms with E-state index < -0.39 is 30.4 Å². The van der Waals surface area contributed by atoms with E-state index in [9.17, 15) is 19.8 Å². The molecule has 1 aliphatic carbocycles. The highest BCUT2D eigenvalue weighted by atomic mass is 16.6. The van der Waals surface area contributed by atoms with Gasteiger partial charge in [-0.3, -0.25) is 19.1 Å². The first kappa shape index (κ1) is 24.6. The van der Waals surface area contributed by atoms with E-state index in [-0.39, 0.29) is 41.3 Å². The van der Waals surface area contributed by atoms with Crippen molar-refractivity contribution in [3.63, 3.8) is 0 Å². The van der Waals surface area contributed by atoms with E-state index >= 15 is 0 Å². The van der Waals surface area contributed by atoms with E-state index in [2.05, 4.69) is 37.1 Å². The number of hydrogen-bond donors (Lipinski definition) is 4. The maximum absolute atomic E-state index is 13.0. The van der Waals surface area contributed by atoms with Gasteiger partial charge in [0, 0.05) is 19.3 Å². The van der Waals surface area contributed by atoms with Crippen molar-refractivity contribution < 1.29 is 24.5 Å². The van der Waals surface area contributed by atoms with E-state index in [0.29, 0.717) is 5.69 Å². The molecule has 2 amide bonds. The Morgan fingerprint density at radius 3 is 2.73 bits per heavy atom. The molecule has 0 aromatic carbocycles. The predicted molar refractivity (Wildman–Crippen MR) is 130 cm³/mol. The molecule has 13 heteroatoms. The number of ether oxygens (including phenoxy) is 1. The lowest BCUT2D eigenvalue weighted by atomic mass is 9.91. The van der Waals surface area contributed by atoms with Gasteiger partial charge in [0.2, 0.25) is 5.82 Å². The average Bonchev–Trinajstić information content (AvgIpc) is 3.43. The second-order valence-electron chi connectivity index (χ2n) is 8.83. The molecule has 37 heavy (non-hydrogen) atoms. The molecule has 4 heterocycles. The topological polar surface area (TPSA) is 182 Å². The molecular weight excluding hydrogens is 480 g/mol. The number of carbonyl (C=O) groups excluding carboxylic acids is 2. The molecule has 13 nitrogen and oxygen atoms in total. The van der Waals surface area contributed by atoms with E-state index in [1.807, 2.05) is 0 Å². The number of fused-ring (bicyclic) bond motifs is 1. The maximum Gasteiger partial charge on any atom is 0.273 e. The second kappa shape index (κ2) is 10.1. The van der Waals surface area contributed by atoms with Crippen molar-refractivity contribution in [1.82, 2.24) is 34.7 Å². The molecule has 1 aliphatic heterocycles. The normalized spacial score (nSPS) is 23.2. The maximum atomic E-state index is 13.0. The number of hydrogen-bond acceptors (Lipinski definition) is 10. The first-order valence-electron chi connectivity index (χ1n) is 11.8. The van der Waals surface area contributed by atoms with E-state index in [0.717, 1.165) is 19.3 Å². The monoisotopic (exact) mass is 506 g/mol. The fourth-order valence-electron chi connectivity index (χ4n) is 4.33. The molecule has 1 saturated heterocycles. The number of anilines is 1. The Labute approximate surface area is 211 Å². The fourth-order valence-corrected chi connectivity index (χ4v) is 4.33. The van der Waals surface area contributed by atoms with Crippen molar-refractivity contribution in [3.8, 4) is 11.8 Å². The van der Waals surface area contributed by atoms with Crippen LogP contribution < -0.4 is 11.1 Å². The van der Waals surface area contributed by atoms with Crippen molar-refractivity contribution in [2.24, 2.45) is 0 Å². The van der Waals surface area contributed by atoms with E-state index in [4.69, 9.17) is 10.5 Å². The number of pyridine rings is 1. The first-order chi connectivity index (χ1) is 17.9. The Morgan fingerprint density at radius 2 is 2.05 bits per heavy atom. The summed E-state index contributed by atoms with van der Waals surface area (Å²) in [6, 6.07) is 5.29. The Balaban J connectivity index is 1.40. The number of carbonyl (C=O) groups is 2. The number of nitrogens with two attached hydrogens (primary N) is 1. The molecule has 3 aromatic heterocycles. The number of nitrogens with zero attached hydrogens (tertiary/aromatic N) is 6. The van der Waals surface area contributed by atoms with Crippen LogP contribution in [-0.2, 0) is 9.53 Å². The molecule has 5 N–H and O–H groups in total. The van der Waals surface area contributed by atoms with E-state index in [1.165, 1.54) is 17.9 Å². The van der Waals surface area contributed by atoms with Gasteiger partial charge < -0.3 is 30.9 Å². The van der Waals surface area contributed by atoms with E-state index in [1.54, 1.807) is 29.3 Å². The Kier molecular flexibility index (Phi) is 6.70. The number of nitrogens with one attached hydrogen (secondary N) is 1. The second-order valence-corrected chi connectivity index (χ2v) is 8.83. The number of amides is 2. The molecule has 1 unspecified atom stereocenters. The lowest BCUT2D eigenvalue weighted by Gasteiger charge is -2.36. The molecule has 0 spiro atoms. The molecular formula is C24H26N8O5. The largest absolute Gasteiger partial charge is 0.387 e. The summed E-state index contributed by atoms with van der Waals surface area (Å²) in [4.78, 5) is 43.7. The van der Waals surface area contributed by atoms with Crippen LogP contribution in [-0.4, -0.2) is 89.4 Å². The SMILES string of the molecule is CNC(=O)[C@H]1O[C@@H](n2cnc3c(N)nc(C#CCN(C(=O)c4ccccn4)C4CCC4)nc32)[C@H](O)C1O. The Hall–Kier alpha value is -4.12. The van der Waals surface area contributed by atoms with Crippen molar-refractivity contribution in [1.29, 1.82) is 0 Å². The van der Waals surface area contributed by atoms with Gasteiger partial charge in [0.05, 0.1) is 12.9 Å². The number of aromatic nitrogens is 5. The van der Waals surface area contributed by atoms with Gasteiger partial charge in [-0.15, -0.1) is 0 Å². The van der Waals surface area contributed by atoms with Gasteiger partial charge in [-0.1, -0.05) is 12.0 Å². The summed E-state index contributed by atoms with van der Waals surface area (Å²) in [5.74, 6) is 5.20. The number of aliphatic hydroxyl groups is 2. The van der Waals surface area contributed by atoms with Crippen LogP contribution in [0.2, 0.25) is 0 Å². The number of likely N-dealkylation sites (N-methyl/N-ethyl adjacent to an activating group) is 1. The van der Waals surface area contributed by atoms with Gasteiger partial charge in [0.1, 0.15) is 23.4 Å². The highest BCUT2D eigenvalue weighted by molar-refractivity contribution is 5.92. The quantitative estimate of drug-likeness (QED) is 0.320. The summed E-state index contributed by atoms with van der Waals surface area (Å²) < 4.78 is 7.00. The minimum absolute atomic E-state index is 0.0596. The highest BCUT2D eigenvalue weighted by Crippen LogP contribution is 2.32. The van der Waals surface area contributed by atoms with Crippen molar-refractivity contribution >= 4 is 28.8 Å². The summed E-state index contributed by atoms with van der Waals surface area (Å²) in [6.45, 7) is 0.158. The Morgan fingerprint density at radius 1 is 1.24 bits per heavy atom. The van der Waals surface area contributed by atoms with Crippen LogP contribution in [0.15, 0.2) is 30.7 Å². The van der Waals surface area contributed by atoms with Gasteiger partial charge in [0.25, 0.3) is 11.8 Å². The number of imidazole rings is 1. The number of aliphatic hydroxyl groups excluding tert-OH is 2. The molecule has 1 saturated carbocycles. The van der Waals surface area contributed by atoms with Crippen LogP contribution in [0.25, 0.3) is 11.2 Å². The van der Waals surface area contributed by atoms with Gasteiger partial charge >= 0.3 is 0 Å². The van der Waals surface area contributed by atoms with Gasteiger partial charge in [-0.25, -0.2) is 15.0 Å². The van der Waals surface area contributed by atoms with Crippen LogP contribution in [0.3, 0.4) is 0 Å². The molecule has 3 aromatic rings.